The first-order chi connectivity index (χ1) is 9.70. The van der Waals surface area contributed by atoms with Crippen LogP contribution in [0, 0.1) is 6.92 Å². The number of aromatic nitrogens is 2. The summed E-state index contributed by atoms with van der Waals surface area (Å²) in [5.41, 5.74) is 11.4. The van der Waals surface area contributed by atoms with Gasteiger partial charge in [-0.1, -0.05) is 25.1 Å². The molecular formula is C17H17N3. The first-order valence-electron chi connectivity index (χ1n) is 6.79. The van der Waals surface area contributed by atoms with Gasteiger partial charge in [0.05, 0.1) is 5.52 Å². The number of anilines is 1. The molecule has 2 N–H and O–H groups in total. The average Bonchev–Trinajstić information content (AvgIpc) is 2.48. The van der Waals surface area contributed by atoms with E-state index in [1.54, 1.807) is 0 Å². The third-order valence-corrected chi connectivity index (χ3v) is 3.65. The van der Waals surface area contributed by atoms with Crippen LogP contribution in [0.4, 0.5) is 5.82 Å². The van der Waals surface area contributed by atoms with Crippen molar-refractivity contribution >= 4 is 16.7 Å². The molecular weight excluding hydrogens is 246 g/mol. The molecule has 0 aliphatic carbocycles. The Hall–Kier alpha value is -2.42. The largest absolute Gasteiger partial charge is 0.383 e. The van der Waals surface area contributed by atoms with E-state index in [9.17, 15) is 0 Å². The molecule has 0 fully saturated rings. The summed E-state index contributed by atoms with van der Waals surface area (Å²) in [6.45, 7) is 4.19. The highest BCUT2D eigenvalue weighted by Gasteiger charge is 2.10. The molecule has 0 saturated heterocycles. The Labute approximate surface area is 118 Å². The van der Waals surface area contributed by atoms with E-state index in [1.165, 1.54) is 5.56 Å². The number of benzene rings is 1. The molecule has 2 aromatic heterocycles. The highest BCUT2D eigenvalue weighted by molar-refractivity contribution is 5.95. The van der Waals surface area contributed by atoms with Crippen molar-refractivity contribution in [3.05, 3.63) is 53.9 Å². The fourth-order valence-electron chi connectivity index (χ4n) is 2.55. The summed E-state index contributed by atoms with van der Waals surface area (Å²) in [6, 6.07) is 10.4. The number of hydrogen-bond donors (Lipinski definition) is 1. The van der Waals surface area contributed by atoms with Crippen LogP contribution in [-0.4, -0.2) is 9.97 Å². The number of nitrogen functional groups attached to an aromatic ring is 1. The molecule has 0 spiro atoms. The standard InChI is InChI=1S/C17H17N3/c1-3-12-9-14(10-20-17(12)18)15-11(2)6-7-13-5-4-8-19-16(13)15/h4-10H,3H2,1-2H3,(H2,18,20). The van der Waals surface area contributed by atoms with Crippen LogP contribution in [0.15, 0.2) is 42.7 Å². The number of rotatable bonds is 2. The van der Waals surface area contributed by atoms with Gasteiger partial charge in [0, 0.05) is 28.9 Å². The number of nitrogens with two attached hydrogens (primary N) is 1. The molecule has 0 aliphatic rings. The lowest BCUT2D eigenvalue weighted by Crippen LogP contribution is -1.98. The topological polar surface area (TPSA) is 51.8 Å². The fraction of sp³-hybridized carbons (Fsp3) is 0.176. The predicted molar refractivity (Wildman–Crippen MR) is 83.5 cm³/mol. The summed E-state index contributed by atoms with van der Waals surface area (Å²) in [5.74, 6) is 0.613. The van der Waals surface area contributed by atoms with Crippen molar-refractivity contribution in [1.82, 2.24) is 9.97 Å². The Morgan fingerprint density at radius 2 is 2.00 bits per heavy atom. The zero-order valence-electron chi connectivity index (χ0n) is 11.7. The van der Waals surface area contributed by atoms with Gasteiger partial charge in [-0.05, 0) is 36.6 Å². The molecule has 0 aliphatic heterocycles. The Balaban J connectivity index is 2.31. The van der Waals surface area contributed by atoms with Crippen LogP contribution in [0.3, 0.4) is 0 Å². The highest BCUT2D eigenvalue weighted by Crippen LogP contribution is 2.31. The first kappa shape index (κ1) is 12.6. The lowest BCUT2D eigenvalue weighted by Gasteiger charge is -2.11. The van der Waals surface area contributed by atoms with E-state index in [1.807, 2.05) is 18.5 Å². The number of aryl methyl sites for hydroxylation is 2. The third-order valence-electron chi connectivity index (χ3n) is 3.65. The van der Waals surface area contributed by atoms with E-state index in [0.717, 1.165) is 34.0 Å². The first-order valence-corrected chi connectivity index (χ1v) is 6.79. The summed E-state index contributed by atoms with van der Waals surface area (Å²) in [7, 11) is 0. The molecule has 0 atom stereocenters. The van der Waals surface area contributed by atoms with Gasteiger partial charge in [-0.3, -0.25) is 4.98 Å². The molecule has 0 amide bonds. The summed E-state index contributed by atoms with van der Waals surface area (Å²) in [4.78, 5) is 8.86. The van der Waals surface area contributed by atoms with E-state index >= 15 is 0 Å². The normalized spacial score (nSPS) is 10.9. The maximum absolute atomic E-state index is 5.90. The Morgan fingerprint density at radius 3 is 2.80 bits per heavy atom. The molecule has 3 nitrogen and oxygen atoms in total. The zero-order chi connectivity index (χ0) is 14.1. The average molecular weight is 263 g/mol. The van der Waals surface area contributed by atoms with Crippen molar-refractivity contribution in [3.8, 4) is 11.1 Å². The maximum Gasteiger partial charge on any atom is 0.126 e. The van der Waals surface area contributed by atoms with Gasteiger partial charge >= 0.3 is 0 Å². The molecule has 1 aromatic carbocycles. The van der Waals surface area contributed by atoms with Gasteiger partial charge in [0.2, 0.25) is 0 Å². The van der Waals surface area contributed by atoms with Crippen LogP contribution in [-0.2, 0) is 6.42 Å². The van der Waals surface area contributed by atoms with Crippen LogP contribution in [0.1, 0.15) is 18.1 Å². The van der Waals surface area contributed by atoms with Crippen molar-refractivity contribution in [3.63, 3.8) is 0 Å². The van der Waals surface area contributed by atoms with Crippen LogP contribution in [0.25, 0.3) is 22.0 Å². The van der Waals surface area contributed by atoms with E-state index < -0.39 is 0 Å². The minimum Gasteiger partial charge on any atom is -0.383 e. The monoisotopic (exact) mass is 263 g/mol. The fourth-order valence-corrected chi connectivity index (χ4v) is 2.55. The van der Waals surface area contributed by atoms with Crippen LogP contribution in [0.2, 0.25) is 0 Å². The molecule has 3 aromatic rings. The van der Waals surface area contributed by atoms with Gasteiger partial charge < -0.3 is 5.73 Å². The van der Waals surface area contributed by atoms with Gasteiger partial charge in [-0.25, -0.2) is 4.98 Å². The molecule has 0 unspecified atom stereocenters. The Bertz CT molecular complexity index is 778. The molecule has 100 valence electrons. The number of hydrogen-bond acceptors (Lipinski definition) is 3. The second-order valence-electron chi connectivity index (χ2n) is 4.95. The highest BCUT2D eigenvalue weighted by atomic mass is 14.8. The zero-order valence-corrected chi connectivity index (χ0v) is 11.7. The minimum absolute atomic E-state index is 0.613. The van der Waals surface area contributed by atoms with Crippen molar-refractivity contribution in [2.45, 2.75) is 20.3 Å². The molecule has 0 bridgehead atoms. The number of fused-ring (bicyclic) bond motifs is 1. The van der Waals surface area contributed by atoms with E-state index in [-0.39, 0.29) is 0 Å². The molecule has 0 radical (unpaired) electrons. The van der Waals surface area contributed by atoms with E-state index in [2.05, 4.69) is 48.1 Å². The third kappa shape index (κ3) is 2.01. The lowest BCUT2D eigenvalue weighted by atomic mass is 9.97. The summed E-state index contributed by atoms with van der Waals surface area (Å²) >= 11 is 0. The Morgan fingerprint density at radius 1 is 1.15 bits per heavy atom. The summed E-state index contributed by atoms with van der Waals surface area (Å²) < 4.78 is 0. The van der Waals surface area contributed by atoms with Crippen molar-refractivity contribution in [1.29, 1.82) is 0 Å². The molecule has 3 rings (SSSR count). The van der Waals surface area contributed by atoms with Crippen LogP contribution < -0.4 is 5.73 Å². The predicted octanol–water partition coefficient (Wildman–Crippen LogP) is 3.75. The smallest absolute Gasteiger partial charge is 0.126 e. The SMILES string of the molecule is CCc1cc(-c2c(C)ccc3cccnc23)cnc1N. The lowest BCUT2D eigenvalue weighted by molar-refractivity contribution is 1.11. The quantitative estimate of drug-likeness (QED) is 0.766. The van der Waals surface area contributed by atoms with Crippen LogP contribution in [0.5, 0.6) is 0 Å². The second kappa shape index (κ2) is 4.93. The Kier molecular flexibility index (Phi) is 3.11. The van der Waals surface area contributed by atoms with E-state index in [4.69, 9.17) is 5.73 Å². The molecule has 0 saturated carbocycles. The van der Waals surface area contributed by atoms with Crippen molar-refractivity contribution in [2.24, 2.45) is 0 Å². The molecule has 3 heteroatoms. The van der Waals surface area contributed by atoms with Crippen molar-refractivity contribution in [2.75, 3.05) is 5.73 Å². The van der Waals surface area contributed by atoms with Gasteiger partial charge in [-0.2, -0.15) is 0 Å². The second-order valence-corrected chi connectivity index (χ2v) is 4.95. The van der Waals surface area contributed by atoms with Gasteiger partial charge in [0.25, 0.3) is 0 Å². The number of pyridine rings is 2. The maximum atomic E-state index is 5.90. The summed E-state index contributed by atoms with van der Waals surface area (Å²) in [5, 5.41) is 1.14. The minimum atomic E-state index is 0.613. The molecule has 20 heavy (non-hydrogen) atoms. The van der Waals surface area contributed by atoms with E-state index in [0.29, 0.717) is 5.82 Å². The number of nitrogens with zero attached hydrogens (tertiary/aromatic N) is 2. The van der Waals surface area contributed by atoms with Crippen molar-refractivity contribution < 1.29 is 0 Å². The van der Waals surface area contributed by atoms with Gasteiger partial charge in [0.15, 0.2) is 0 Å². The van der Waals surface area contributed by atoms with Gasteiger partial charge in [0.1, 0.15) is 5.82 Å². The van der Waals surface area contributed by atoms with Gasteiger partial charge in [-0.15, -0.1) is 0 Å². The van der Waals surface area contributed by atoms with Crippen LogP contribution >= 0.6 is 0 Å². The summed E-state index contributed by atoms with van der Waals surface area (Å²) in [6.07, 6.45) is 4.55. The molecule has 2 heterocycles.